The van der Waals surface area contributed by atoms with Gasteiger partial charge < -0.3 is 9.47 Å². The monoisotopic (exact) mass is 422 g/mol. The summed E-state index contributed by atoms with van der Waals surface area (Å²) < 4.78 is 49.1. The first-order valence-electron chi connectivity index (χ1n) is 8.51. The van der Waals surface area contributed by atoms with Gasteiger partial charge in [0.15, 0.2) is 23.2 Å². The zero-order valence-corrected chi connectivity index (χ0v) is 16.1. The highest BCUT2D eigenvalue weighted by Gasteiger charge is 2.30. The van der Waals surface area contributed by atoms with Gasteiger partial charge in [0.1, 0.15) is 0 Å². The number of thiazole rings is 1. The Labute approximate surface area is 169 Å². The third-order valence-electron chi connectivity index (χ3n) is 3.86. The van der Waals surface area contributed by atoms with E-state index in [4.69, 9.17) is 9.47 Å². The average molecular weight is 422 g/mol. The summed E-state index contributed by atoms with van der Waals surface area (Å²) in [6, 6.07) is 12.1. The highest BCUT2D eigenvalue weighted by molar-refractivity contribution is 7.15. The van der Waals surface area contributed by atoms with Crippen LogP contribution < -0.4 is 14.8 Å². The Hall–Kier alpha value is -3.07. The first kappa shape index (κ1) is 20.7. The van der Waals surface area contributed by atoms with E-state index in [0.29, 0.717) is 22.2 Å². The number of benzene rings is 2. The summed E-state index contributed by atoms with van der Waals surface area (Å²) in [4.78, 5) is 16.9. The van der Waals surface area contributed by atoms with Gasteiger partial charge in [-0.15, -0.1) is 11.3 Å². The van der Waals surface area contributed by atoms with Gasteiger partial charge in [-0.2, -0.15) is 13.2 Å². The number of methoxy groups -OCH3 is 1. The van der Waals surface area contributed by atoms with E-state index >= 15 is 0 Å². The molecule has 0 saturated carbocycles. The maximum absolute atomic E-state index is 12.8. The SMILES string of the molecule is COc1ccccc1OCC(=O)Nc1ncc(Cc2cccc(C(F)(F)F)c2)s1. The zero-order valence-electron chi connectivity index (χ0n) is 15.3. The number of hydrogen-bond acceptors (Lipinski definition) is 5. The van der Waals surface area contributed by atoms with Crippen molar-refractivity contribution in [2.75, 3.05) is 19.0 Å². The lowest BCUT2D eigenvalue weighted by molar-refractivity contribution is -0.137. The molecule has 0 aliphatic carbocycles. The summed E-state index contributed by atoms with van der Waals surface area (Å²) in [6.07, 6.45) is -2.57. The molecule has 5 nitrogen and oxygen atoms in total. The van der Waals surface area contributed by atoms with E-state index in [1.807, 2.05) is 0 Å². The maximum atomic E-state index is 12.8. The van der Waals surface area contributed by atoms with E-state index in [-0.39, 0.29) is 13.0 Å². The summed E-state index contributed by atoms with van der Waals surface area (Å²) in [6.45, 7) is -0.233. The number of carbonyl (C=O) groups excluding carboxylic acids is 1. The molecule has 0 radical (unpaired) electrons. The first-order chi connectivity index (χ1) is 13.8. The van der Waals surface area contributed by atoms with Crippen LogP contribution in [0.25, 0.3) is 0 Å². The van der Waals surface area contributed by atoms with Crippen molar-refractivity contribution in [3.8, 4) is 11.5 Å². The summed E-state index contributed by atoms with van der Waals surface area (Å²) in [5.41, 5.74) is -0.178. The molecule has 1 amide bonds. The van der Waals surface area contributed by atoms with Gasteiger partial charge in [0, 0.05) is 17.5 Å². The van der Waals surface area contributed by atoms with Gasteiger partial charge >= 0.3 is 6.18 Å². The van der Waals surface area contributed by atoms with E-state index in [0.717, 1.165) is 17.0 Å². The Balaban J connectivity index is 1.57. The van der Waals surface area contributed by atoms with Crippen LogP contribution in [0.4, 0.5) is 18.3 Å². The van der Waals surface area contributed by atoms with Crippen LogP contribution in [0.2, 0.25) is 0 Å². The van der Waals surface area contributed by atoms with Crippen molar-refractivity contribution in [3.05, 3.63) is 70.7 Å². The van der Waals surface area contributed by atoms with E-state index < -0.39 is 17.6 Å². The van der Waals surface area contributed by atoms with Crippen LogP contribution in [0, 0.1) is 0 Å². The number of rotatable bonds is 7. The van der Waals surface area contributed by atoms with Crippen molar-refractivity contribution < 1.29 is 27.4 Å². The Morgan fingerprint density at radius 1 is 1.14 bits per heavy atom. The number of alkyl halides is 3. The maximum Gasteiger partial charge on any atom is 0.416 e. The van der Waals surface area contributed by atoms with Crippen molar-refractivity contribution in [3.63, 3.8) is 0 Å². The van der Waals surface area contributed by atoms with Crippen molar-refractivity contribution in [1.29, 1.82) is 0 Å². The van der Waals surface area contributed by atoms with Gasteiger partial charge in [0.25, 0.3) is 5.91 Å². The van der Waals surface area contributed by atoms with Crippen LogP contribution in [-0.2, 0) is 17.4 Å². The number of para-hydroxylation sites is 2. The number of anilines is 1. The first-order valence-corrected chi connectivity index (χ1v) is 9.33. The summed E-state index contributed by atoms with van der Waals surface area (Å²) in [5.74, 6) is 0.545. The van der Waals surface area contributed by atoms with Crippen LogP contribution in [0.5, 0.6) is 11.5 Å². The average Bonchev–Trinajstić information content (AvgIpc) is 3.12. The van der Waals surface area contributed by atoms with E-state index in [1.165, 1.54) is 30.7 Å². The van der Waals surface area contributed by atoms with Crippen LogP contribution in [-0.4, -0.2) is 24.6 Å². The molecule has 29 heavy (non-hydrogen) atoms. The largest absolute Gasteiger partial charge is 0.493 e. The van der Waals surface area contributed by atoms with Gasteiger partial charge in [-0.05, 0) is 23.8 Å². The van der Waals surface area contributed by atoms with Crippen molar-refractivity contribution in [2.24, 2.45) is 0 Å². The third kappa shape index (κ3) is 5.71. The fourth-order valence-corrected chi connectivity index (χ4v) is 3.41. The molecule has 9 heteroatoms. The van der Waals surface area contributed by atoms with Crippen LogP contribution in [0.15, 0.2) is 54.7 Å². The predicted octanol–water partition coefficient (Wildman–Crippen LogP) is 4.78. The molecule has 0 saturated heterocycles. The lowest BCUT2D eigenvalue weighted by Crippen LogP contribution is -2.20. The quantitative estimate of drug-likeness (QED) is 0.595. The second-order valence-corrected chi connectivity index (χ2v) is 7.11. The van der Waals surface area contributed by atoms with Gasteiger partial charge in [-0.25, -0.2) is 4.98 Å². The second-order valence-electron chi connectivity index (χ2n) is 5.99. The number of hydrogen-bond donors (Lipinski definition) is 1. The number of halogens is 3. The molecule has 0 aliphatic heterocycles. The molecule has 0 unspecified atom stereocenters. The summed E-state index contributed by atoms with van der Waals surface area (Å²) in [5, 5.41) is 2.96. The number of nitrogens with zero attached hydrogens (tertiary/aromatic N) is 1. The molecule has 0 spiro atoms. The Bertz CT molecular complexity index is 989. The van der Waals surface area contributed by atoms with E-state index in [2.05, 4.69) is 10.3 Å². The lowest BCUT2D eigenvalue weighted by atomic mass is 10.1. The number of amides is 1. The molecule has 0 atom stereocenters. The lowest BCUT2D eigenvalue weighted by Gasteiger charge is -2.09. The molecule has 1 aromatic heterocycles. The summed E-state index contributed by atoms with van der Waals surface area (Å²) in [7, 11) is 1.50. The molecule has 0 bridgehead atoms. The fourth-order valence-electron chi connectivity index (χ4n) is 2.54. The smallest absolute Gasteiger partial charge is 0.416 e. The van der Waals surface area contributed by atoms with Crippen molar-refractivity contribution in [2.45, 2.75) is 12.6 Å². The molecule has 2 aromatic carbocycles. The fraction of sp³-hybridized carbons (Fsp3) is 0.200. The number of nitrogens with one attached hydrogen (secondary N) is 1. The van der Waals surface area contributed by atoms with Crippen molar-refractivity contribution >= 4 is 22.4 Å². The van der Waals surface area contributed by atoms with Gasteiger partial charge in [0.05, 0.1) is 12.7 Å². The van der Waals surface area contributed by atoms with E-state index in [1.54, 1.807) is 30.3 Å². The summed E-state index contributed by atoms with van der Waals surface area (Å²) >= 11 is 1.19. The molecule has 3 rings (SSSR count). The number of carbonyl (C=O) groups is 1. The molecule has 152 valence electrons. The van der Waals surface area contributed by atoms with Gasteiger partial charge in [0.2, 0.25) is 0 Å². The van der Waals surface area contributed by atoms with Crippen molar-refractivity contribution in [1.82, 2.24) is 4.98 Å². The standard InChI is InChI=1S/C20H17F3N2O3S/c1-27-16-7-2-3-8-17(16)28-12-18(26)25-19-24-11-15(29-19)10-13-5-4-6-14(9-13)20(21,22)23/h2-9,11H,10,12H2,1H3,(H,24,25,26). The van der Waals surface area contributed by atoms with Gasteiger partial charge in [-0.1, -0.05) is 30.3 Å². The molecular weight excluding hydrogens is 405 g/mol. The third-order valence-corrected chi connectivity index (χ3v) is 4.77. The highest BCUT2D eigenvalue weighted by Crippen LogP contribution is 2.30. The van der Waals surface area contributed by atoms with Gasteiger partial charge in [-0.3, -0.25) is 10.1 Å². The Morgan fingerprint density at radius 2 is 1.90 bits per heavy atom. The van der Waals surface area contributed by atoms with Crippen LogP contribution in [0.1, 0.15) is 16.0 Å². The minimum absolute atomic E-state index is 0.233. The predicted molar refractivity (Wildman–Crippen MR) is 103 cm³/mol. The number of ether oxygens (including phenoxy) is 2. The molecule has 3 aromatic rings. The van der Waals surface area contributed by atoms with E-state index in [9.17, 15) is 18.0 Å². The molecular formula is C20H17F3N2O3S. The minimum atomic E-state index is -4.38. The van der Waals surface area contributed by atoms with Crippen LogP contribution in [0.3, 0.4) is 0 Å². The van der Waals surface area contributed by atoms with Crippen LogP contribution >= 0.6 is 11.3 Å². The molecule has 0 fully saturated rings. The highest BCUT2D eigenvalue weighted by atomic mass is 32.1. The normalized spacial score (nSPS) is 11.2. The zero-order chi connectivity index (χ0) is 20.9. The topological polar surface area (TPSA) is 60.5 Å². The molecule has 0 aliphatic rings. The Kier molecular flexibility index (Phi) is 6.38. The number of aromatic nitrogens is 1. The Morgan fingerprint density at radius 3 is 2.62 bits per heavy atom. The molecule has 1 N–H and O–H groups in total. The molecule has 1 heterocycles. The minimum Gasteiger partial charge on any atom is -0.493 e. The second kappa shape index (κ2) is 8.95.